The maximum Gasteiger partial charge on any atom is 0.296 e. The van der Waals surface area contributed by atoms with Gasteiger partial charge in [0.05, 0.1) is 11.1 Å². The number of aromatic nitrogens is 3. The summed E-state index contributed by atoms with van der Waals surface area (Å²) in [6, 6.07) is 13.1. The first-order valence-corrected chi connectivity index (χ1v) is 9.77. The fourth-order valence-corrected chi connectivity index (χ4v) is 3.77. The van der Waals surface area contributed by atoms with Crippen LogP contribution < -0.4 is 20.4 Å². The molecule has 6 nitrogen and oxygen atoms in total. The molecule has 0 radical (unpaired) electrons. The van der Waals surface area contributed by atoms with Crippen molar-refractivity contribution in [1.82, 2.24) is 14.6 Å². The maximum absolute atomic E-state index is 13.1. The number of para-hydroxylation sites is 1. The summed E-state index contributed by atoms with van der Waals surface area (Å²) in [5.41, 5.74) is 0.733. The van der Waals surface area contributed by atoms with E-state index in [-0.39, 0.29) is 28.5 Å². The molecule has 0 aliphatic rings. The smallest absolute Gasteiger partial charge is 0.296 e. The Labute approximate surface area is 168 Å². The lowest BCUT2D eigenvalue weighted by molar-refractivity contribution is 0.339. The molecule has 0 atom stereocenters. The molecule has 4 aromatic rings. The predicted octanol–water partition coefficient (Wildman–Crippen LogP) is 2.19. The van der Waals surface area contributed by atoms with Gasteiger partial charge in [-0.15, -0.1) is 0 Å². The second-order valence-corrected chi connectivity index (χ2v) is 7.26. The minimum atomic E-state index is -0.503. The first-order chi connectivity index (χ1) is 14.0. The maximum atomic E-state index is 13.1. The lowest BCUT2D eigenvalue weighted by atomic mass is 10.1. The molecule has 29 heavy (non-hydrogen) atoms. The van der Waals surface area contributed by atoms with Gasteiger partial charge in [0, 0.05) is 12.0 Å². The zero-order valence-corrected chi connectivity index (χ0v) is 16.3. The Morgan fingerprint density at radius 3 is 2.66 bits per heavy atom. The van der Waals surface area contributed by atoms with E-state index in [4.69, 9.17) is 4.74 Å². The molecule has 146 valence electrons. The van der Waals surface area contributed by atoms with Crippen molar-refractivity contribution in [2.24, 2.45) is 0 Å². The standard InChI is InChI=1S/C21H16FN3O3S/c1-2-28-17-6-4-3-5-14(17)12-18-20(27)25-21(29-18)23-19(26)16(24-25)11-13-7-9-15(22)10-8-13/h3-10,12H,2,11H2,1H3/b18-12+. The lowest BCUT2D eigenvalue weighted by Crippen LogP contribution is -2.28. The van der Waals surface area contributed by atoms with Gasteiger partial charge in [-0.1, -0.05) is 41.7 Å². The summed E-state index contributed by atoms with van der Waals surface area (Å²) in [5.74, 6) is 0.304. The fraction of sp³-hybridized carbons (Fsp3) is 0.143. The number of thiazole rings is 1. The molecule has 0 fully saturated rings. The van der Waals surface area contributed by atoms with Gasteiger partial charge in [-0.3, -0.25) is 9.59 Å². The summed E-state index contributed by atoms with van der Waals surface area (Å²) in [4.78, 5) is 29.4. The molecule has 2 aromatic carbocycles. The largest absolute Gasteiger partial charge is 0.493 e. The van der Waals surface area contributed by atoms with Crippen LogP contribution in [0.3, 0.4) is 0 Å². The highest BCUT2D eigenvalue weighted by Gasteiger charge is 2.12. The van der Waals surface area contributed by atoms with Crippen molar-refractivity contribution in [2.75, 3.05) is 6.61 Å². The van der Waals surface area contributed by atoms with E-state index >= 15 is 0 Å². The van der Waals surface area contributed by atoms with Crippen LogP contribution in [0.1, 0.15) is 23.7 Å². The Balaban J connectivity index is 1.79. The van der Waals surface area contributed by atoms with Gasteiger partial charge in [0.25, 0.3) is 11.1 Å². The van der Waals surface area contributed by atoms with Crippen LogP contribution in [-0.4, -0.2) is 21.2 Å². The Morgan fingerprint density at radius 2 is 1.90 bits per heavy atom. The minimum absolute atomic E-state index is 0.130. The summed E-state index contributed by atoms with van der Waals surface area (Å²) in [5, 5.41) is 4.21. The second-order valence-electron chi connectivity index (χ2n) is 6.25. The van der Waals surface area contributed by atoms with E-state index in [0.717, 1.165) is 21.4 Å². The minimum Gasteiger partial charge on any atom is -0.493 e. The molecule has 0 spiro atoms. The Hall–Kier alpha value is -3.39. The number of hydrogen-bond acceptors (Lipinski definition) is 6. The highest BCUT2D eigenvalue weighted by atomic mass is 32.1. The van der Waals surface area contributed by atoms with Gasteiger partial charge < -0.3 is 4.74 Å². The summed E-state index contributed by atoms with van der Waals surface area (Å²) in [6.45, 7) is 2.39. The molecule has 0 saturated carbocycles. The monoisotopic (exact) mass is 409 g/mol. The van der Waals surface area contributed by atoms with Crippen molar-refractivity contribution >= 4 is 22.4 Å². The predicted molar refractivity (Wildman–Crippen MR) is 109 cm³/mol. The molecule has 8 heteroatoms. The van der Waals surface area contributed by atoms with Gasteiger partial charge in [0.2, 0.25) is 4.96 Å². The molecule has 0 saturated heterocycles. The average Bonchev–Trinajstić information content (AvgIpc) is 3.00. The van der Waals surface area contributed by atoms with Gasteiger partial charge >= 0.3 is 0 Å². The fourth-order valence-electron chi connectivity index (χ4n) is 2.88. The SMILES string of the molecule is CCOc1ccccc1/C=c1/sc2nc(=O)c(Cc3ccc(F)cc3)nn2c1=O. The summed E-state index contributed by atoms with van der Waals surface area (Å²) in [7, 11) is 0. The van der Waals surface area contributed by atoms with Crippen LogP contribution in [-0.2, 0) is 6.42 Å². The van der Waals surface area contributed by atoms with E-state index in [1.165, 1.54) is 12.1 Å². The Bertz CT molecular complexity index is 1350. The van der Waals surface area contributed by atoms with E-state index in [1.54, 1.807) is 18.2 Å². The number of benzene rings is 2. The normalized spacial score (nSPS) is 11.9. The van der Waals surface area contributed by atoms with Gasteiger partial charge in [-0.25, -0.2) is 4.39 Å². The van der Waals surface area contributed by atoms with Crippen molar-refractivity contribution in [3.63, 3.8) is 0 Å². The molecule has 0 N–H and O–H groups in total. The van der Waals surface area contributed by atoms with Crippen LogP contribution >= 0.6 is 11.3 Å². The molecular weight excluding hydrogens is 393 g/mol. The lowest BCUT2D eigenvalue weighted by Gasteiger charge is -2.05. The van der Waals surface area contributed by atoms with Crippen molar-refractivity contribution in [2.45, 2.75) is 13.3 Å². The quantitative estimate of drug-likeness (QED) is 0.505. The number of rotatable bonds is 5. The van der Waals surface area contributed by atoms with E-state index in [9.17, 15) is 14.0 Å². The number of hydrogen-bond donors (Lipinski definition) is 0. The van der Waals surface area contributed by atoms with Crippen molar-refractivity contribution in [3.05, 3.63) is 96.4 Å². The van der Waals surface area contributed by atoms with Gasteiger partial charge in [0.1, 0.15) is 17.3 Å². The highest BCUT2D eigenvalue weighted by Crippen LogP contribution is 2.18. The topological polar surface area (TPSA) is 73.6 Å². The number of nitrogens with zero attached hydrogens (tertiary/aromatic N) is 3. The molecule has 0 aliphatic carbocycles. The van der Waals surface area contributed by atoms with Crippen LogP contribution in [0, 0.1) is 5.82 Å². The second kappa shape index (κ2) is 7.92. The van der Waals surface area contributed by atoms with E-state index in [1.807, 2.05) is 31.2 Å². The van der Waals surface area contributed by atoms with Gasteiger partial charge in [-0.2, -0.15) is 14.6 Å². The molecule has 0 bridgehead atoms. The average molecular weight is 409 g/mol. The number of halogens is 1. The van der Waals surface area contributed by atoms with Crippen LogP contribution in [0.5, 0.6) is 5.75 Å². The van der Waals surface area contributed by atoms with E-state index in [0.29, 0.717) is 22.5 Å². The van der Waals surface area contributed by atoms with Gasteiger partial charge in [-0.05, 0) is 36.8 Å². The molecular formula is C21H16FN3O3S. The van der Waals surface area contributed by atoms with E-state index < -0.39 is 5.56 Å². The zero-order valence-electron chi connectivity index (χ0n) is 15.5. The summed E-state index contributed by atoms with van der Waals surface area (Å²) in [6.07, 6.45) is 1.87. The van der Waals surface area contributed by atoms with Crippen LogP contribution in [0.4, 0.5) is 4.39 Å². The zero-order chi connectivity index (χ0) is 20.4. The van der Waals surface area contributed by atoms with Crippen molar-refractivity contribution in [1.29, 1.82) is 0 Å². The molecule has 2 aromatic heterocycles. The molecule has 2 heterocycles. The molecule has 0 amide bonds. The third kappa shape index (κ3) is 3.93. The summed E-state index contributed by atoms with van der Waals surface area (Å²) >= 11 is 1.09. The third-order valence-corrected chi connectivity index (χ3v) is 5.20. The highest BCUT2D eigenvalue weighted by molar-refractivity contribution is 7.15. The number of fused-ring (bicyclic) bond motifs is 1. The van der Waals surface area contributed by atoms with Crippen LogP contribution in [0.15, 0.2) is 58.1 Å². The molecule has 0 aliphatic heterocycles. The Morgan fingerprint density at radius 1 is 1.14 bits per heavy atom. The summed E-state index contributed by atoms with van der Waals surface area (Å²) < 4.78 is 20.2. The third-order valence-electron chi connectivity index (χ3n) is 4.24. The first kappa shape index (κ1) is 18.9. The first-order valence-electron chi connectivity index (χ1n) is 8.96. The van der Waals surface area contributed by atoms with Crippen LogP contribution in [0.2, 0.25) is 0 Å². The van der Waals surface area contributed by atoms with E-state index in [2.05, 4.69) is 10.1 Å². The van der Waals surface area contributed by atoms with Crippen LogP contribution in [0.25, 0.3) is 11.0 Å². The molecule has 4 rings (SSSR count). The van der Waals surface area contributed by atoms with Crippen molar-refractivity contribution in [3.8, 4) is 5.75 Å². The number of ether oxygens (including phenoxy) is 1. The Kier molecular flexibility index (Phi) is 5.18. The van der Waals surface area contributed by atoms with Gasteiger partial charge in [0.15, 0.2) is 0 Å². The molecule has 0 unspecified atom stereocenters. The van der Waals surface area contributed by atoms with Crippen molar-refractivity contribution < 1.29 is 9.13 Å².